The summed E-state index contributed by atoms with van der Waals surface area (Å²) < 4.78 is 27.0. The van der Waals surface area contributed by atoms with Gasteiger partial charge < -0.3 is 11.1 Å². The van der Waals surface area contributed by atoms with Gasteiger partial charge in [-0.15, -0.1) is 0 Å². The van der Waals surface area contributed by atoms with E-state index in [1.54, 1.807) is 30.3 Å². The molecule has 140 valence electrons. The van der Waals surface area contributed by atoms with Gasteiger partial charge in [0.05, 0.1) is 16.4 Å². The standard InChI is InChI=1S/C18H29N3O3S/c1-14(2)18(3,13-19)20-17(22)15-8-7-11-21(12-15)25(23,24)16-9-5-4-6-10-16/h4-6,9-10,14-15H,7-8,11-13,19H2,1-3H3,(H,20,22). The lowest BCUT2D eigenvalue weighted by molar-refractivity contribution is -0.128. The van der Waals surface area contributed by atoms with Gasteiger partial charge in [-0.2, -0.15) is 4.31 Å². The summed E-state index contributed by atoms with van der Waals surface area (Å²) in [7, 11) is -3.57. The van der Waals surface area contributed by atoms with Gasteiger partial charge in [0.2, 0.25) is 15.9 Å². The minimum absolute atomic E-state index is 0.116. The zero-order valence-electron chi connectivity index (χ0n) is 15.2. The molecule has 1 fully saturated rings. The molecule has 1 aliphatic rings. The lowest BCUT2D eigenvalue weighted by atomic mass is 9.87. The van der Waals surface area contributed by atoms with Gasteiger partial charge >= 0.3 is 0 Å². The SMILES string of the molecule is CC(C)C(C)(CN)NC(=O)C1CCCN(S(=O)(=O)c2ccccc2)C1. The van der Waals surface area contributed by atoms with Crippen LogP contribution in [0, 0.1) is 11.8 Å². The van der Waals surface area contributed by atoms with Gasteiger partial charge in [0, 0.05) is 19.6 Å². The fourth-order valence-corrected chi connectivity index (χ4v) is 4.48. The first-order valence-electron chi connectivity index (χ1n) is 8.78. The number of benzene rings is 1. The van der Waals surface area contributed by atoms with Gasteiger partial charge in [0.15, 0.2) is 0 Å². The van der Waals surface area contributed by atoms with Crippen molar-refractivity contribution < 1.29 is 13.2 Å². The van der Waals surface area contributed by atoms with Crippen LogP contribution < -0.4 is 11.1 Å². The van der Waals surface area contributed by atoms with Crippen molar-refractivity contribution in [2.45, 2.75) is 44.0 Å². The Hall–Kier alpha value is -1.44. The highest BCUT2D eigenvalue weighted by Gasteiger charge is 2.36. The number of piperidine rings is 1. The Morgan fingerprint density at radius 3 is 2.56 bits per heavy atom. The highest BCUT2D eigenvalue weighted by molar-refractivity contribution is 7.89. The molecule has 1 amide bonds. The molecule has 0 spiro atoms. The fraction of sp³-hybridized carbons (Fsp3) is 0.611. The normalized spacial score (nSPS) is 21.7. The average molecular weight is 368 g/mol. The summed E-state index contributed by atoms with van der Waals surface area (Å²) in [5, 5.41) is 3.04. The van der Waals surface area contributed by atoms with Crippen molar-refractivity contribution in [1.29, 1.82) is 0 Å². The van der Waals surface area contributed by atoms with Crippen LogP contribution in [-0.2, 0) is 14.8 Å². The van der Waals surface area contributed by atoms with Crippen LogP contribution in [0.5, 0.6) is 0 Å². The first kappa shape index (κ1) is 19.9. The Labute approximate surface area is 150 Å². The second-order valence-corrected chi connectivity index (χ2v) is 9.22. The molecule has 7 heteroatoms. The van der Waals surface area contributed by atoms with Crippen molar-refractivity contribution >= 4 is 15.9 Å². The van der Waals surface area contributed by atoms with Gasteiger partial charge in [-0.25, -0.2) is 8.42 Å². The molecule has 1 heterocycles. The summed E-state index contributed by atoms with van der Waals surface area (Å²) in [6, 6.07) is 8.37. The molecule has 6 nitrogen and oxygen atoms in total. The number of nitrogens with zero attached hydrogens (tertiary/aromatic N) is 1. The zero-order valence-corrected chi connectivity index (χ0v) is 16.1. The molecule has 2 atom stereocenters. The highest BCUT2D eigenvalue weighted by Crippen LogP contribution is 2.25. The van der Waals surface area contributed by atoms with Crippen LogP contribution in [0.2, 0.25) is 0 Å². The Morgan fingerprint density at radius 1 is 1.36 bits per heavy atom. The van der Waals surface area contributed by atoms with Gasteiger partial charge in [0.1, 0.15) is 0 Å². The number of nitrogens with two attached hydrogens (primary N) is 1. The summed E-state index contributed by atoms with van der Waals surface area (Å²) in [5.74, 6) is -0.277. The summed E-state index contributed by atoms with van der Waals surface area (Å²) in [5.41, 5.74) is 5.35. The maximum absolute atomic E-state index is 12.8. The van der Waals surface area contributed by atoms with Gasteiger partial charge in [-0.1, -0.05) is 32.0 Å². The van der Waals surface area contributed by atoms with E-state index in [0.29, 0.717) is 25.9 Å². The predicted octanol–water partition coefficient (Wildman–Crippen LogP) is 1.58. The van der Waals surface area contributed by atoms with Crippen molar-refractivity contribution in [3.05, 3.63) is 30.3 Å². The Kier molecular flexibility index (Phi) is 6.24. The average Bonchev–Trinajstić information content (AvgIpc) is 2.62. The van der Waals surface area contributed by atoms with Crippen LogP contribution in [0.15, 0.2) is 35.2 Å². The predicted molar refractivity (Wildman–Crippen MR) is 98.4 cm³/mol. The van der Waals surface area contributed by atoms with Crippen molar-refractivity contribution in [3.8, 4) is 0 Å². The summed E-state index contributed by atoms with van der Waals surface area (Å²) in [6.07, 6.45) is 1.36. The number of hydrogen-bond acceptors (Lipinski definition) is 4. The molecule has 0 bridgehead atoms. The quantitative estimate of drug-likeness (QED) is 0.798. The third-order valence-electron chi connectivity index (χ3n) is 5.24. The molecule has 3 N–H and O–H groups in total. The van der Waals surface area contributed by atoms with Crippen molar-refractivity contribution in [2.24, 2.45) is 17.6 Å². The van der Waals surface area contributed by atoms with Crippen LogP contribution >= 0.6 is 0 Å². The van der Waals surface area contributed by atoms with Crippen molar-refractivity contribution in [2.75, 3.05) is 19.6 Å². The summed E-state index contributed by atoms with van der Waals surface area (Å²) >= 11 is 0. The van der Waals surface area contributed by atoms with E-state index in [9.17, 15) is 13.2 Å². The van der Waals surface area contributed by atoms with Crippen molar-refractivity contribution in [1.82, 2.24) is 9.62 Å². The van der Waals surface area contributed by atoms with E-state index in [1.807, 2.05) is 20.8 Å². The second-order valence-electron chi connectivity index (χ2n) is 7.28. The molecule has 2 rings (SSSR count). The maximum atomic E-state index is 12.8. The van der Waals surface area contributed by atoms with E-state index in [1.165, 1.54) is 4.31 Å². The second kappa shape index (κ2) is 7.85. The molecule has 1 aromatic carbocycles. The van der Waals surface area contributed by atoms with Crippen LogP contribution in [0.1, 0.15) is 33.6 Å². The largest absolute Gasteiger partial charge is 0.349 e. The molecular weight excluding hydrogens is 338 g/mol. The van der Waals surface area contributed by atoms with Gasteiger partial charge in [-0.05, 0) is 37.8 Å². The van der Waals surface area contributed by atoms with Gasteiger partial charge in [-0.3, -0.25) is 4.79 Å². The molecule has 1 aromatic rings. The van der Waals surface area contributed by atoms with E-state index in [2.05, 4.69) is 5.32 Å². The molecular formula is C18H29N3O3S. The van der Waals surface area contributed by atoms with E-state index >= 15 is 0 Å². The molecule has 0 aliphatic carbocycles. The molecule has 2 unspecified atom stereocenters. The molecule has 1 saturated heterocycles. The lowest BCUT2D eigenvalue weighted by Gasteiger charge is -2.37. The fourth-order valence-electron chi connectivity index (χ4n) is 2.93. The van der Waals surface area contributed by atoms with Crippen molar-refractivity contribution in [3.63, 3.8) is 0 Å². The summed E-state index contributed by atoms with van der Waals surface area (Å²) in [6.45, 7) is 6.95. The number of sulfonamides is 1. The Balaban J connectivity index is 2.12. The number of hydrogen-bond donors (Lipinski definition) is 2. The molecule has 0 radical (unpaired) electrons. The lowest BCUT2D eigenvalue weighted by Crippen LogP contribution is -2.58. The van der Waals surface area contributed by atoms with E-state index in [4.69, 9.17) is 5.73 Å². The first-order valence-corrected chi connectivity index (χ1v) is 10.2. The van der Waals surface area contributed by atoms with Crippen LogP contribution in [-0.4, -0.2) is 43.8 Å². The summed E-state index contributed by atoms with van der Waals surface area (Å²) in [4.78, 5) is 13.0. The van der Waals surface area contributed by atoms with E-state index in [0.717, 1.165) is 0 Å². The first-order chi connectivity index (χ1) is 11.7. The third-order valence-corrected chi connectivity index (χ3v) is 7.12. The molecule has 0 aromatic heterocycles. The smallest absolute Gasteiger partial charge is 0.243 e. The molecule has 25 heavy (non-hydrogen) atoms. The van der Waals surface area contributed by atoms with Gasteiger partial charge in [0.25, 0.3) is 0 Å². The van der Waals surface area contributed by atoms with E-state index < -0.39 is 15.6 Å². The number of rotatable bonds is 6. The minimum Gasteiger partial charge on any atom is -0.349 e. The van der Waals surface area contributed by atoms with E-state index in [-0.39, 0.29) is 29.2 Å². The number of amides is 1. The number of carbonyl (C=O) groups is 1. The maximum Gasteiger partial charge on any atom is 0.243 e. The third kappa shape index (κ3) is 4.40. The Bertz CT molecular complexity index is 691. The number of nitrogens with one attached hydrogen (secondary N) is 1. The van der Waals surface area contributed by atoms with Crippen LogP contribution in [0.4, 0.5) is 0 Å². The topological polar surface area (TPSA) is 92.5 Å². The van der Waals surface area contributed by atoms with Crippen LogP contribution in [0.25, 0.3) is 0 Å². The van der Waals surface area contributed by atoms with Crippen LogP contribution in [0.3, 0.4) is 0 Å². The molecule has 0 saturated carbocycles. The Morgan fingerprint density at radius 2 is 2.00 bits per heavy atom. The zero-order chi connectivity index (χ0) is 18.7. The molecule has 1 aliphatic heterocycles. The minimum atomic E-state index is -3.57. The monoisotopic (exact) mass is 367 g/mol. The number of carbonyl (C=O) groups excluding carboxylic acids is 1. The highest BCUT2D eigenvalue weighted by atomic mass is 32.2.